The van der Waals surface area contributed by atoms with Crippen molar-refractivity contribution in [3.63, 3.8) is 0 Å². The molecule has 0 bridgehead atoms. The number of hydrogen-bond acceptors (Lipinski definition) is 2. The Hall–Kier alpha value is -0.570. The van der Waals surface area contributed by atoms with Crippen molar-refractivity contribution in [2.24, 2.45) is 5.92 Å². The summed E-state index contributed by atoms with van der Waals surface area (Å²) < 4.78 is 0. The van der Waals surface area contributed by atoms with Crippen LogP contribution >= 0.6 is 0 Å². The molecule has 58 valence electrons. The van der Waals surface area contributed by atoms with Crippen molar-refractivity contribution in [2.45, 2.75) is 25.4 Å². The first kappa shape index (κ1) is 7.54. The quantitative estimate of drug-likeness (QED) is 0.538. The molecule has 0 saturated heterocycles. The molecule has 0 aliphatic heterocycles. The fourth-order valence-electron chi connectivity index (χ4n) is 1.43. The first-order chi connectivity index (χ1) is 4.75. The van der Waals surface area contributed by atoms with Crippen LogP contribution in [0.5, 0.6) is 0 Å². The van der Waals surface area contributed by atoms with Crippen molar-refractivity contribution in [2.75, 3.05) is 7.05 Å². The number of hydrogen-bond donors (Lipinski definition) is 2. The lowest BCUT2D eigenvalue weighted by molar-refractivity contribution is -0.126. The minimum Gasteiger partial charge on any atom is -0.392 e. The average molecular weight is 143 g/mol. The Labute approximate surface area is 60.4 Å². The lowest BCUT2D eigenvalue weighted by Crippen LogP contribution is -2.32. The van der Waals surface area contributed by atoms with Crippen molar-refractivity contribution in [1.29, 1.82) is 0 Å². The van der Waals surface area contributed by atoms with Crippen LogP contribution in [0.15, 0.2) is 0 Å². The number of nitrogens with one attached hydrogen (secondary N) is 1. The third-order valence-corrected chi connectivity index (χ3v) is 2.06. The Kier molecular flexibility index (Phi) is 2.27. The van der Waals surface area contributed by atoms with Gasteiger partial charge in [0.1, 0.15) is 0 Å². The molecule has 2 atom stereocenters. The largest absolute Gasteiger partial charge is 0.392 e. The van der Waals surface area contributed by atoms with Crippen LogP contribution in [0.25, 0.3) is 0 Å². The van der Waals surface area contributed by atoms with E-state index in [0.717, 1.165) is 19.3 Å². The fourth-order valence-corrected chi connectivity index (χ4v) is 1.43. The molecule has 1 aliphatic rings. The summed E-state index contributed by atoms with van der Waals surface area (Å²) >= 11 is 0. The highest BCUT2D eigenvalue weighted by Crippen LogP contribution is 2.25. The van der Waals surface area contributed by atoms with Crippen molar-refractivity contribution in [3.05, 3.63) is 0 Å². The molecule has 0 unspecified atom stereocenters. The smallest absolute Gasteiger partial charge is 0.225 e. The summed E-state index contributed by atoms with van der Waals surface area (Å²) in [6.07, 6.45) is 2.18. The van der Waals surface area contributed by atoms with Gasteiger partial charge in [-0.25, -0.2) is 0 Å². The number of rotatable bonds is 1. The molecular formula is C7H13NO2. The first-order valence-electron chi connectivity index (χ1n) is 3.65. The van der Waals surface area contributed by atoms with Crippen LogP contribution in [0, 0.1) is 5.92 Å². The second-order valence-corrected chi connectivity index (χ2v) is 2.72. The Bertz CT molecular complexity index is 136. The summed E-state index contributed by atoms with van der Waals surface area (Å²) in [4.78, 5) is 11.0. The van der Waals surface area contributed by atoms with Crippen molar-refractivity contribution in [1.82, 2.24) is 5.32 Å². The zero-order valence-electron chi connectivity index (χ0n) is 6.13. The van der Waals surface area contributed by atoms with Crippen LogP contribution < -0.4 is 5.32 Å². The van der Waals surface area contributed by atoms with Gasteiger partial charge in [0.25, 0.3) is 0 Å². The molecule has 0 aromatic heterocycles. The molecule has 3 heteroatoms. The summed E-state index contributed by atoms with van der Waals surface area (Å²) in [7, 11) is 1.60. The van der Waals surface area contributed by atoms with E-state index in [9.17, 15) is 9.90 Å². The Morgan fingerprint density at radius 2 is 2.30 bits per heavy atom. The molecule has 0 spiro atoms. The van der Waals surface area contributed by atoms with Gasteiger partial charge < -0.3 is 10.4 Å². The van der Waals surface area contributed by atoms with Crippen molar-refractivity contribution >= 4 is 5.91 Å². The fraction of sp³-hybridized carbons (Fsp3) is 0.857. The van der Waals surface area contributed by atoms with Gasteiger partial charge in [0.2, 0.25) is 5.91 Å². The summed E-state index contributed by atoms with van der Waals surface area (Å²) in [6.45, 7) is 0. The molecule has 1 rings (SSSR count). The van der Waals surface area contributed by atoms with Crippen LogP contribution in [0.1, 0.15) is 19.3 Å². The molecule has 1 fully saturated rings. The van der Waals surface area contributed by atoms with E-state index in [-0.39, 0.29) is 11.8 Å². The maximum absolute atomic E-state index is 11.0. The van der Waals surface area contributed by atoms with E-state index in [4.69, 9.17) is 0 Å². The van der Waals surface area contributed by atoms with E-state index >= 15 is 0 Å². The van der Waals surface area contributed by atoms with Crippen LogP contribution in [0.2, 0.25) is 0 Å². The number of carbonyl (C=O) groups is 1. The number of aliphatic hydroxyl groups is 1. The molecule has 0 radical (unpaired) electrons. The summed E-state index contributed by atoms with van der Waals surface area (Å²) in [5.41, 5.74) is 0. The predicted octanol–water partition coefficient (Wildman–Crippen LogP) is -0.107. The normalized spacial score (nSPS) is 32.2. The minimum atomic E-state index is -0.403. The van der Waals surface area contributed by atoms with E-state index in [2.05, 4.69) is 5.32 Å². The maximum atomic E-state index is 11.0. The second kappa shape index (κ2) is 3.01. The average Bonchev–Trinajstić information content (AvgIpc) is 2.34. The lowest BCUT2D eigenvalue weighted by atomic mass is 10.1. The molecular weight excluding hydrogens is 130 g/mol. The van der Waals surface area contributed by atoms with Gasteiger partial charge in [-0.1, -0.05) is 0 Å². The van der Waals surface area contributed by atoms with Gasteiger partial charge >= 0.3 is 0 Å². The van der Waals surface area contributed by atoms with Gasteiger partial charge in [-0.2, -0.15) is 0 Å². The molecule has 1 saturated carbocycles. The topological polar surface area (TPSA) is 49.3 Å². The molecule has 10 heavy (non-hydrogen) atoms. The molecule has 3 nitrogen and oxygen atoms in total. The second-order valence-electron chi connectivity index (χ2n) is 2.72. The molecule has 0 aromatic rings. The third-order valence-electron chi connectivity index (χ3n) is 2.06. The summed E-state index contributed by atoms with van der Waals surface area (Å²) in [5, 5.41) is 11.8. The van der Waals surface area contributed by atoms with Gasteiger partial charge in [-0.05, 0) is 19.3 Å². The number of aliphatic hydroxyl groups excluding tert-OH is 1. The van der Waals surface area contributed by atoms with E-state index in [1.165, 1.54) is 0 Å². The standard InChI is InChI=1S/C7H13NO2/c1-8-7(10)5-3-2-4-6(5)9/h5-6,9H,2-4H2,1H3,(H,8,10)/t5-,6-/m1/s1. The van der Waals surface area contributed by atoms with Crippen molar-refractivity contribution < 1.29 is 9.90 Å². The molecule has 2 N–H and O–H groups in total. The van der Waals surface area contributed by atoms with E-state index < -0.39 is 6.10 Å². The predicted molar refractivity (Wildman–Crippen MR) is 37.4 cm³/mol. The maximum Gasteiger partial charge on any atom is 0.225 e. The molecule has 0 heterocycles. The Morgan fingerprint density at radius 3 is 2.70 bits per heavy atom. The van der Waals surface area contributed by atoms with Gasteiger partial charge in [0.15, 0.2) is 0 Å². The molecule has 1 amide bonds. The zero-order valence-corrected chi connectivity index (χ0v) is 6.13. The monoisotopic (exact) mass is 143 g/mol. The first-order valence-corrected chi connectivity index (χ1v) is 3.65. The molecule has 0 aromatic carbocycles. The van der Waals surface area contributed by atoms with Gasteiger partial charge in [0, 0.05) is 7.05 Å². The van der Waals surface area contributed by atoms with Gasteiger partial charge in [-0.3, -0.25) is 4.79 Å². The van der Waals surface area contributed by atoms with E-state index in [0.29, 0.717) is 0 Å². The van der Waals surface area contributed by atoms with Crippen molar-refractivity contribution in [3.8, 4) is 0 Å². The summed E-state index contributed by atoms with van der Waals surface area (Å²) in [5.74, 6) is -0.171. The highest BCUT2D eigenvalue weighted by atomic mass is 16.3. The number of amides is 1. The van der Waals surface area contributed by atoms with Crippen LogP contribution in [-0.2, 0) is 4.79 Å². The van der Waals surface area contributed by atoms with E-state index in [1.54, 1.807) is 7.05 Å². The van der Waals surface area contributed by atoms with E-state index in [1.807, 2.05) is 0 Å². The Morgan fingerprint density at radius 1 is 1.60 bits per heavy atom. The number of carbonyl (C=O) groups excluding carboxylic acids is 1. The SMILES string of the molecule is CNC(=O)[C@@H]1CCC[C@H]1O. The van der Waals surface area contributed by atoms with Crippen LogP contribution in [0.4, 0.5) is 0 Å². The minimum absolute atomic E-state index is 0.0231. The van der Waals surface area contributed by atoms with Gasteiger partial charge in [-0.15, -0.1) is 0 Å². The molecule has 1 aliphatic carbocycles. The highest BCUT2D eigenvalue weighted by Gasteiger charge is 2.30. The highest BCUT2D eigenvalue weighted by molar-refractivity contribution is 5.79. The summed E-state index contributed by atoms with van der Waals surface area (Å²) in [6, 6.07) is 0. The zero-order chi connectivity index (χ0) is 7.56. The third kappa shape index (κ3) is 1.29. The van der Waals surface area contributed by atoms with Gasteiger partial charge in [0.05, 0.1) is 12.0 Å². The Balaban J connectivity index is 2.46. The lowest BCUT2D eigenvalue weighted by Gasteiger charge is -2.11. The van der Waals surface area contributed by atoms with Crippen LogP contribution in [0.3, 0.4) is 0 Å². The van der Waals surface area contributed by atoms with Crippen LogP contribution in [-0.4, -0.2) is 24.2 Å².